The number of epoxide rings is 1. The van der Waals surface area contributed by atoms with Gasteiger partial charge in [-0.2, -0.15) is 0 Å². The summed E-state index contributed by atoms with van der Waals surface area (Å²) in [6, 6.07) is 4.68. The molecule has 0 aliphatic carbocycles. The molecule has 3 fully saturated rings. The highest BCUT2D eigenvalue weighted by atomic mass is 19.1. The van der Waals surface area contributed by atoms with Crippen LogP contribution in [-0.2, 0) is 18.8 Å². The molecule has 8 heteroatoms. The third kappa shape index (κ3) is 4.36. The van der Waals surface area contributed by atoms with Crippen LogP contribution in [-0.4, -0.2) is 60.0 Å². The van der Waals surface area contributed by atoms with Crippen LogP contribution in [0.3, 0.4) is 0 Å². The fourth-order valence-corrected chi connectivity index (χ4v) is 4.78. The Morgan fingerprint density at radius 2 is 1.70 bits per heavy atom. The standard InChI is InChI=1S/C25H35BFNO5/c1-22(2,3)31-21-20(29-21)28-12-10-25(11-13-28)15-18(17-14-16(27)8-9-19(17)30-25)26-32-23(4,5)24(6,7)33-26/h8-9,14-15,20-21H,10-13H2,1-7H3. The van der Waals surface area contributed by atoms with E-state index in [1.165, 1.54) is 12.1 Å². The number of fused-ring (bicyclic) bond motifs is 1. The SMILES string of the molecule is CC(C)(C)OC1OC1N1CCC2(C=C(B3OC(C)(C)C(C)(C)O3)c3cc(F)ccc3O2)CC1. The van der Waals surface area contributed by atoms with Gasteiger partial charge in [0.15, 0.2) is 12.5 Å². The lowest BCUT2D eigenvalue weighted by molar-refractivity contribution is -0.0583. The molecule has 0 amide bonds. The van der Waals surface area contributed by atoms with E-state index in [1.54, 1.807) is 6.07 Å². The van der Waals surface area contributed by atoms with Gasteiger partial charge in [-0.25, -0.2) is 4.39 Å². The number of hydrogen-bond acceptors (Lipinski definition) is 6. The normalized spacial score (nSPS) is 30.1. The van der Waals surface area contributed by atoms with Crippen LogP contribution in [0, 0.1) is 5.82 Å². The maximum absolute atomic E-state index is 14.2. The van der Waals surface area contributed by atoms with Gasteiger partial charge in [-0.1, -0.05) is 0 Å². The third-order valence-electron chi connectivity index (χ3n) is 7.40. The molecule has 0 aromatic heterocycles. The van der Waals surface area contributed by atoms with E-state index in [2.05, 4.69) is 11.0 Å². The molecule has 0 saturated carbocycles. The Morgan fingerprint density at radius 1 is 1.06 bits per heavy atom. The molecule has 1 aromatic rings. The van der Waals surface area contributed by atoms with Gasteiger partial charge in [-0.05, 0) is 78.2 Å². The predicted octanol–water partition coefficient (Wildman–Crippen LogP) is 4.57. The Hall–Kier alpha value is -1.45. The number of halogens is 1. The topological polar surface area (TPSA) is 52.7 Å². The maximum Gasteiger partial charge on any atom is 0.495 e. The molecule has 2 atom stereocenters. The average Bonchev–Trinajstić information content (AvgIpc) is 3.39. The van der Waals surface area contributed by atoms with Crippen molar-refractivity contribution in [3.63, 3.8) is 0 Å². The van der Waals surface area contributed by atoms with Gasteiger partial charge in [0.25, 0.3) is 0 Å². The summed E-state index contributed by atoms with van der Waals surface area (Å²) in [5.74, 6) is 0.370. The van der Waals surface area contributed by atoms with Crippen LogP contribution in [0.2, 0.25) is 0 Å². The van der Waals surface area contributed by atoms with Crippen LogP contribution >= 0.6 is 0 Å². The second-order valence-corrected chi connectivity index (χ2v) is 11.7. The van der Waals surface area contributed by atoms with Gasteiger partial charge >= 0.3 is 7.12 Å². The number of benzene rings is 1. The zero-order valence-electron chi connectivity index (χ0n) is 20.7. The molecule has 4 aliphatic rings. The van der Waals surface area contributed by atoms with Gasteiger partial charge in [0, 0.05) is 31.5 Å². The summed E-state index contributed by atoms with van der Waals surface area (Å²) < 4.78 is 45.2. The molecule has 1 spiro atoms. The minimum Gasteiger partial charge on any atom is -0.483 e. The molecular weight excluding hydrogens is 424 g/mol. The van der Waals surface area contributed by atoms with Crippen molar-refractivity contribution in [3.8, 4) is 5.75 Å². The number of hydrogen-bond donors (Lipinski definition) is 0. The number of piperidine rings is 1. The second kappa shape index (κ2) is 7.52. The van der Waals surface area contributed by atoms with Crippen LogP contribution in [0.25, 0.3) is 5.47 Å². The zero-order valence-corrected chi connectivity index (χ0v) is 20.7. The molecular formula is C25H35BFNO5. The van der Waals surface area contributed by atoms with Gasteiger partial charge in [0.2, 0.25) is 0 Å². The molecule has 0 N–H and O–H groups in total. The van der Waals surface area contributed by atoms with Crippen molar-refractivity contribution in [1.29, 1.82) is 0 Å². The summed E-state index contributed by atoms with van der Waals surface area (Å²) in [5.41, 5.74) is -0.138. The number of ether oxygens (including phenoxy) is 3. The monoisotopic (exact) mass is 459 g/mol. The van der Waals surface area contributed by atoms with Gasteiger partial charge in [-0.15, -0.1) is 0 Å². The Kier molecular flexibility index (Phi) is 5.31. The highest BCUT2D eigenvalue weighted by Gasteiger charge is 2.55. The summed E-state index contributed by atoms with van der Waals surface area (Å²) in [6.07, 6.45) is 3.51. The Balaban J connectivity index is 1.37. The fraction of sp³-hybridized carbons (Fsp3) is 0.680. The summed E-state index contributed by atoms with van der Waals surface area (Å²) in [6.45, 7) is 15.9. The molecule has 1 aromatic carbocycles. The van der Waals surface area contributed by atoms with Crippen molar-refractivity contribution >= 4 is 12.6 Å². The fourth-order valence-electron chi connectivity index (χ4n) is 4.78. The first-order chi connectivity index (χ1) is 15.3. The van der Waals surface area contributed by atoms with E-state index in [0.29, 0.717) is 11.3 Å². The van der Waals surface area contributed by atoms with E-state index in [0.717, 1.165) is 31.4 Å². The predicted molar refractivity (Wildman–Crippen MR) is 124 cm³/mol. The second-order valence-electron chi connectivity index (χ2n) is 11.7. The maximum atomic E-state index is 14.2. The summed E-state index contributed by atoms with van der Waals surface area (Å²) >= 11 is 0. The lowest BCUT2D eigenvalue weighted by Crippen LogP contribution is -2.50. The summed E-state index contributed by atoms with van der Waals surface area (Å²) in [5, 5.41) is 0. The quantitative estimate of drug-likeness (QED) is 0.488. The van der Waals surface area contributed by atoms with Crippen molar-refractivity contribution < 1.29 is 27.9 Å². The third-order valence-corrected chi connectivity index (χ3v) is 7.40. The van der Waals surface area contributed by atoms with E-state index in [9.17, 15) is 4.39 Å². The first kappa shape index (κ1) is 23.3. The Morgan fingerprint density at radius 3 is 2.30 bits per heavy atom. The van der Waals surface area contributed by atoms with Crippen LogP contribution in [0.1, 0.15) is 66.9 Å². The van der Waals surface area contributed by atoms with Gasteiger partial charge in [0.1, 0.15) is 17.2 Å². The lowest BCUT2D eigenvalue weighted by Gasteiger charge is -2.43. The molecule has 0 bridgehead atoms. The molecule has 5 rings (SSSR count). The Labute approximate surface area is 196 Å². The highest BCUT2D eigenvalue weighted by molar-refractivity contribution is 6.69. The Bertz CT molecular complexity index is 948. The first-order valence-corrected chi connectivity index (χ1v) is 11.9. The number of rotatable bonds is 3. The van der Waals surface area contributed by atoms with Gasteiger partial charge in [0.05, 0.1) is 16.8 Å². The minimum atomic E-state index is -0.578. The smallest absolute Gasteiger partial charge is 0.483 e. The molecule has 3 saturated heterocycles. The zero-order chi connectivity index (χ0) is 23.8. The van der Waals surface area contributed by atoms with Crippen molar-refractivity contribution in [1.82, 2.24) is 4.90 Å². The van der Waals surface area contributed by atoms with Crippen molar-refractivity contribution in [2.24, 2.45) is 0 Å². The highest BCUT2D eigenvalue weighted by Crippen LogP contribution is 2.47. The van der Waals surface area contributed by atoms with Crippen molar-refractivity contribution in [3.05, 3.63) is 35.7 Å². The molecule has 2 unspecified atom stereocenters. The van der Waals surface area contributed by atoms with Crippen LogP contribution in [0.15, 0.2) is 24.3 Å². The lowest BCUT2D eigenvalue weighted by atomic mass is 9.69. The van der Waals surface area contributed by atoms with E-state index in [-0.39, 0.29) is 23.9 Å². The molecule has 4 heterocycles. The summed E-state index contributed by atoms with van der Waals surface area (Å²) in [7, 11) is -0.578. The number of likely N-dealkylation sites (tertiary alicyclic amines) is 1. The largest absolute Gasteiger partial charge is 0.495 e. The van der Waals surface area contributed by atoms with E-state index in [1.807, 2.05) is 48.5 Å². The van der Waals surface area contributed by atoms with E-state index >= 15 is 0 Å². The van der Waals surface area contributed by atoms with Gasteiger partial charge < -0.3 is 23.5 Å². The first-order valence-electron chi connectivity index (χ1n) is 11.9. The molecule has 0 radical (unpaired) electrons. The van der Waals surface area contributed by atoms with Crippen molar-refractivity contribution in [2.45, 2.75) is 96.2 Å². The van der Waals surface area contributed by atoms with Crippen molar-refractivity contribution in [2.75, 3.05) is 13.1 Å². The van der Waals surface area contributed by atoms with E-state index in [4.69, 9.17) is 23.5 Å². The average molecular weight is 459 g/mol. The molecule has 33 heavy (non-hydrogen) atoms. The van der Waals surface area contributed by atoms with E-state index < -0.39 is 23.9 Å². The van der Waals surface area contributed by atoms with Crippen LogP contribution < -0.4 is 4.74 Å². The van der Waals surface area contributed by atoms with Crippen LogP contribution in [0.5, 0.6) is 5.75 Å². The minimum absolute atomic E-state index is 0.00176. The van der Waals surface area contributed by atoms with Crippen LogP contribution in [0.4, 0.5) is 4.39 Å². The molecule has 4 aliphatic heterocycles. The van der Waals surface area contributed by atoms with Gasteiger partial charge in [-0.3, -0.25) is 4.90 Å². The molecule has 180 valence electrons. The summed E-state index contributed by atoms with van der Waals surface area (Å²) in [4.78, 5) is 2.31. The molecule has 6 nitrogen and oxygen atoms in total. The number of nitrogens with zero attached hydrogens (tertiary/aromatic N) is 1.